The van der Waals surface area contributed by atoms with E-state index in [2.05, 4.69) is 31.3 Å². The highest BCUT2D eigenvalue weighted by Gasteiger charge is 2.28. The zero-order chi connectivity index (χ0) is 42.1. The van der Waals surface area contributed by atoms with E-state index in [1.54, 1.807) is 0 Å². The van der Waals surface area contributed by atoms with E-state index in [9.17, 15) is 34.1 Å². The number of aliphatic hydroxyl groups excluding tert-OH is 1. The number of phosphoric acid groups is 1. The molecule has 11 nitrogen and oxygen atoms in total. The fourth-order valence-electron chi connectivity index (χ4n) is 6.66. The van der Waals surface area contributed by atoms with Crippen LogP contribution in [0, 0.1) is 0 Å². The predicted molar refractivity (Wildman–Crippen MR) is 231 cm³/mol. The van der Waals surface area contributed by atoms with Crippen LogP contribution in [0.3, 0.4) is 0 Å². The summed E-state index contributed by atoms with van der Waals surface area (Å²) in [6.45, 7) is 2.61. The Hall–Kier alpha value is -1.78. The molecule has 336 valence electrons. The molecule has 1 amide bonds. The number of nitrogens with one attached hydrogen (secondary N) is 1. The number of rotatable bonds is 44. The number of allylic oxidation sites excluding steroid dienone is 2. The highest BCUT2D eigenvalue weighted by Crippen LogP contribution is 2.43. The minimum absolute atomic E-state index is 0.151. The van der Waals surface area contributed by atoms with Gasteiger partial charge in [-0.3, -0.25) is 18.6 Å². The Labute approximate surface area is 347 Å². The van der Waals surface area contributed by atoms with Crippen LogP contribution in [0.5, 0.6) is 0 Å². The van der Waals surface area contributed by atoms with Gasteiger partial charge in [0, 0.05) is 12.8 Å². The van der Waals surface area contributed by atoms with Crippen LogP contribution in [-0.2, 0) is 32.7 Å². The summed E-state index contributed by atoms with van der Waals surface area (Å²) in [6.07, 6.45) is 40.9. The van der Waals surface area contributed by atoms with Crippen LogP contribution in [0.25, 0.3) is 0 Å². The van der Waals surface area contributed by atoms with Crippen molar-refractivity contribution in [3.8, 4) is 0 Å². The predicted octanol–water partition coefficient (Wildman–Crippen LogP) is 12.1. The van der Waals surface area contributed by atoms with Crippen LogP contribution < -0.4 is 5.32 Å². The largest absolute Gasteiger partial charge is 0.480 e. The van der Waals surface area contributed by atoms with Crippen molar-refractivity contribution in [3.63, 3.8) is 0 Å². The van der Waals surface area contributed by atoms with Crippen molar-refractivity contribution in [1.82, 2.24) is 5.32 Å². The lowest BCUT2D eigenvalue weighted by atomic mass is 10.0. The number of esters is 1. The third-order valence-electron chi connectivity index (χ3n) is 10.3. The minimum atomic E-state index is -4.75. The fourth-order valence-corrected chi connectivity index (χ4v) is 7.44. The number of ether oxygens (including phenoxy) is 1. The van der Waals surface area contributed by atoms with Gasteiger partial charge in [0.25, 0.3) is 0 Å². The third-order valence-corrected chi connectivity index (χ3v) is 11.3. The van der Waals surface area contributed by atoms with Crippen molar-refractivity contribution in [3.05, 3.63) is 12.2 Å². The number of carbonyl (C=O) groups is 3. The zero-order valence-corrected chi connectivity index (χ0v) is 37.3. The molecule has 0 saturated carbocycles. The van der Waals surface area contributed by atoms with Gasteiger partial charge in [-0.15, -0.1) is 0 Å². The Balaban J connectivity index is 3.85. The quantitative estimate of drug-likeness (QED) is 0.0201. The first-order chi connectivity index (χ1) is 27.6. The van der Waals surface area contributed by atoms with E-state index in [0.717, 1.165) is 44.9 Å². The van der Waals surface area contributed by atoms with Crippen molar-refractivity contribution < 1.29 is 47.8 Å². The number of unbranched alkanes of at least 4 members (excludes halogenated alkanes) is 28. The van der Waals surface area contributed by atoms with Crippen LogP contribution in [0.1, 0.15) is 226 Å². The molecule has 0 aromatic carbocycles. The number of hydrogen-bond acceptors (Lipinski definition) is 8. The molecule has 0 saturated heterocycles. The van der Waals surface area contributed by atoms with Gasteiger partial charge in [-0.05, 0) is 38.5 Å². The number of carboxylic acid groups (broad SMARTS) is 1. The lowest BCUT2D eigenvalue weighted by Crippen LogP contribution is -2.43. The summed E-state index contributed by atoms with van der Waals surface area (Å²) in [7, 11) is -4.75. The van der Waals surface area contributed by atoms with Gasteiger partial charge in [-0.25, -0.2) is 9.36 Å². The second kappa shape index (κ2) is 41.0. The molecule has 0 aliphatic rings. The summed E-state index contributed by atoms with van der Waals surface area (Å²) in [4.78, 5) is 45.9. The molecule has 0 bridgehead atoms. The second-order valence-corrected chi connectivity index (χ2v) is 17.4. The number of phosphoric ester groups is 1. The van der Waals surface area contributed by atoms with Gasteiger partial charge in [0.2, 0.25) is 5.91 Å². The SMILES string of the molecule is CCCCCCCCC/C=C\CCCCCCCCCC(=O)OCC(O)COP(=O)(O)OCC(NC(=O)CCCCCCCCCCCCCCCCC)C(=O)O. The molecule has 0 radical (unpaired) electrons. The molecule has 0 fully saturated rings. The molecule has 0 aromatic rings. The third kappa shape index (κ3) is 40.8. The van der Waals surface area contributed by atoms with Crippen molar-refractivity contribution in [1.29, 1.82) is 0 Å². The molecule has 3 atom stereocenters. The van der Waals surface area contributed by atoms with Crippen LogP contribution in [-0.4, -0.2) is 64.9 Å². The first kappa shape index (κ1) is 55.2. The Kier molecular flexibility index (Phi) is 39.7. The topological polar surface area (TPSA) is 169 Å². The number of aliphatic hydroxyl groups is 1. The van der Waals surface area contributed by atoms with E-state index in [1.165, 1.54) is 141 Å². The summed E-state index contributed by atoms with van der Waals surface area (Å²) in [6, 6.07) is -1.54. The normalized spacial score (nSPS) is 13.8. The van der Waals surface area contributed by atoms with Crippen molar-refractivity contribution >= 4 is 25.7 Å². The highest BCUT2D eigenvalue weighted by molar-refractivity contribution is 7.47. The Bertz CT molecular complexity index is 1030. The molecule has 57 heavy (non-hydrogen) atoms. The van der Waals surface area contributed by atoms with Gasteiger partial charge in [-0.2, -0.15) is 0 Å². The maximum Gasteiger partial charge on any atom is 0.472 e. The van der Waals surface area contributed by atoms with Crippen LogP contribution in [0.4, 0.5) is 0 Å². The van der Waals surface area contributed by atoms with Crippen molar-refractivity contribution in [2.24, 2.45) is 0 Å². The van der Waals surface area contributed by atoms with E-state index in [1.807, 2.05) is 0 Å². The lowest BCUT2D eigenvalue weighted by Gasteiger charge is -2.18. The van der Waals surface area contributed by atoms with E-state index >= 15 is 0 Å². The Morgan fingerprint density at radius 3 is 1.33 bits per heavy atom. The first-order valence-electron chi connectivity index (χ1n) is 23.2. The van der Waals surface area contributed by atoms with Crippen LogP contribution >= 0.6 is 7.82 Å². The molecule has 12 heteroatoms. The number of amides is 1. The standard InChI is InChI=1S/C45H86NO10P/c1-3-5-7-9-11-13-15-17-19-20-21-23-25-27-29-31-33-35-37-44(49)54-38-41(47)39-55-57(52,53)56-40-42(45(50)51)46-43(48)36-34-32-30-28-26-24-22-18-16-14-12-10-8-6-4-2/h19-20,41-42,47H,3-18,21-40H2,1-2H3,(H,46,48)(H,50,51)(H,52,53)/b20-19-. The zero-order valence-electron chi connectivity index (χ0n) is 36.4. The number of hydrogen-bond donors (Lipinski definition) is 4. The summed E-state index contributed by atoms with van der Waals surface area (Å²) >= 11 is 0. The number of carbonyl (C=O) groups excluding carboxylic acids is 2. The second-order valence-electron chi connectivity index (χ2n) is 15.9. The van der Waals surface area contributed by atoms with E-state index in [-0.39, 0.29) is 12.8 Å². The van der Waals surface area contributed by atoms with Gasteiger partial charge in [0.05, 0.1) is 13.2 Å². The summed E-state index contributed by atoms with van der Waals surface area (Å²) in [5, 5.41) is 21.8. The average molecular weight is 832 g/mol. The first-order valence-corrected chi connectivity index (χ1v) is 24.7. The maximum absolute atomic E-state index is 12.3. The van der Waals surface area contributed by atoms with Crippen LogP contribution in [0.15, 0.2) is 12.2 Å². The molecule has 3 unspecified atom stereocenters. The molecule has 0 heterocycles. The van der Waals surface area contributed by atoms with E-state index in [4.69, 9.17) is 13.8 Å². The minimum Gasteiger partial charge on any atom is -0.480 e. The lowest BCUT2D eigenvalue weighted by molar-refractivity contribution is -0.147. The molecular weight excluding hydrogens is 745 g/mol. The molecule has 0 aliphatic carbocycles. The van der Waals surface area contributed by atoms with Gasteiger partial charge in [0.15, 0.2) is 6.04 Å². The summed E-state index contributed by atoms with van der Waals surface area (Å²) < 4.78 is 26.9. The van der Waals surface area contributed by atoms with Crippen LogP contribution in [0.2, 0.25) is 0 Å². The highest BCUT2D eigenvalue weighted by atomic mass is 31.2. The Morgan fingerprint density at radius 2 is 0.912 bits per heavy atom. The molecule has 0 rings (SSSR count). The summed E-state index contributed by atoms with van der Waals surface area (Å²) in [5.74, 6) is -2.36. The van der Waals surface area contributed by atoms with Crippen molar-refractivity contribution in [2.45, 2.75) is 238 Å². The average Bonchev–Trinajstić information content (AvgIpc) is 3.18. The van der Waals surface area contributed by atoms with E-state index in [0.29, 0.717) is 12.8 Å². The smallest absolute Gasteiger partial charge is 0.472 e. The van der Waals surface area contributed by atoms with Gasteiger partial charge in [0.1, 0.15) is 12.7 Å². The number of aliphatic carboxylic acids is 1. The van der Waals surface area contributed by atoms with Gasteiger partial charge < -0.3 is 25.2 Å². The molecule has 0 aliphatic heterocycles. The van der Waals surface area contributed by atoms with Crippen molar-refractivity contribution in [2.75, 3.05) is 19.8 Å². The van der Waals surface area contributed by atoms with E-state index < -0.39 is 57.6 Å². The van der Waals surface area contributed by atoms with Gasteiger partial charge >= 0.3 is 19.8 Å². The molecular formula is C45H86NO10P. The fraction of sp³-hybridized carbons (Fsp3) is 0.889. The molecule has 4 N–H and O–H groups in total. The molecule has 0 aromatic heterocycles. The molecule has 0 spiro atoms. The Morgan fingerprint density at radius 1 is 0.544 bits per heavy atom. The summed E-state index contributed by atoms with van der Waals surface area (Å²) in [5.41, 5.74) is 0. The number of carboxylic acids is 1. The van der Waals surface area contributed by atoms with Gasteiger partial charge in [-0.1, -0.05) is 187 Å². The monoisotopic (exact) mass is 832 g/mol. The maximum atomic E-state index is 12.3.